The highest BCUT2D eigenvalue weighted by molar-refractivity contribution is 5.35. The Morgan fingerprint density at radius 1 is 1.00 bits per heavy atom. The van der Waals surface area contributed by atoms with Gasteiger partial charge in [0.05, 0.1) is 0 Å². The molecule has 0 fully saturated rings. The molecular weight excluding hydrogens is 200 g/mol. The average Bonchev–Trinajstić information content (AvgIpc) is 2.20. The molecule has 2 rings (SSSR count). The number of hydrogen-bond donors (Lipinski definition) is 0. The van der Waals surface area contributed by atoms with Crippen molar-refractivity contribution in [3.05, 3.63) is 47.4 Å². The maximum atomic E-state index is 5.72. The van der Waals surface area contributed by atoms with Crippen molar-refractivity contribution in [2.45, 2.75) is 20.8 Å². The van der Waals surface area contributed by atoms with Gasteiger partial charge in [0.1, 0.15) is 11.6 Å². The van der Waals surface area contributed by atoms with Crippen molar-refractivity contribution in [1.29, 1.82) is 0 Å². The van der Waals surface area contributed by atoms with Crippen LogP contribution in [-0.2, 0) is 0 Å². The van der Waals surface area contributed by atoms with Crippen molar-refractivity contribution in [3.63, 3.8) is 0 Å². The minimum atomic E-state index is 0.597. The molecule has 0 aliphatic carbocycles. The third-order valence-corrected chi connectivity index (χ3v) is 2.25. The highest BCUT2D eigenvalue weighted by Gasteiger charge is 2.03. The molecule has 3 nitrogen and oxygen atoms in total. The standard InChI is InChI=1S/C13H14N2O/c1-9-6-4-5-7-12(9)16-13-8-10(2)14-11(3)15-13/h4-8H,1-3H3. The fourth-order valence-corrected chi connectivity index (χ4v) is 1.52. The van der Waals surface area contributed by atoms with E-state index in [2.05, 4.69) is 9.97 Å². The van der Waals surface area contributed by atoms with Gasteiger partial charge in [-0.1, -0.05) is 18.2 Å². The van der Waals surface area contributed by atoms with Crippen LogP contribution in [0.5, 0.6) is 11.6 Å². The zero-order valence-corrected chi connectivity index (χ0v) is 9.69. The molecule has 0 atom stereocenters. The lowest BCUT2D eigenvalue weighted by Crippen LogP contribution is -1.95. The van der Waals surface area contributed by atoms with E-state index in [1.54, 1.807) is 0 Å². The van der Waals surface area contributed by atoms with Crippen LogP contribution in [0.15, 0.2) is 30.3 Å². The lowest BCUT2D eigenvalue weighted by Gasteiger charge is -2.08. The molecule has 0 aliphatic heterocycles. The Labute approximate surface area is 95.1 Å². The van der Waals surface area contributed by atoms with Crippen molar-refractivity contribution >= 4 is 0 Å². The van der Waals surface area contributed by atoms with E-state index in [-0.39, 0.29) is 0 Å². The quantitative estimate of drug-likeness (QED) is 0.770. The third-order valence-electron chi connectivity index (χ3n) is 2.25. The van der Waals surface area contributed by atoms with Gasteiger partial charge in [-0.3, -0.25) is 0 Å². The van der Waals surface area contributed by atoms with Crippen LogP contribution in [0.2, 0.25) is 0 Å². The van der Waals surface area contributed by atoms with Gasteiger partial charge in [0, 0.05) is 11.8 Å². The van der Waals surface area contributed by atoms with Gasteiger partial charge in [-0.25, -0.2) is 4.98 Å². The van der Waals surface area contributed by atoms with Crippen LogP contribution in [0.1, 0.15) is 17.1 Å². The molecule has 0 bridgehead atoms. The molecule has 0 saturated carbocycles. The Balaban J connectivity index is 2.30. The van der Waals surface area contributed by atoms with E-state index in [1.165, 1.54) is 0 Å². The number of hydrogen-bond acceptors (Lipinski definition) is 3. The van der Waals surface area contributed by atoms with Gasteiger partial charge in [-0.05, 0) is 32.4 Å². The Hall–Kier alpha value is -1.90. The predicted octanol–water partition coefficient (Wildman–Crippen LogP) is 3.19. The Morgan fingerprint density at radius 3 is 2.44 bits per heavy atom. The van der Waals surface area contributed by atoms with Gasteiger partial charge >= 0.3 is 0 Å². The summed E-state index contributed by atoms with van der Waals surface area (Å²) in [6, 6.07) is 9.71. The maximum absolute atomic E-state index is 5.72. The molecule has 0 N–H and O–H groups in total. The zero-order chi connectivity index (χ0) is 11.5. The first-order valence-electron chi connectivity index (χ1n) is 5.21. The number of rotatable bonds is 2. The van der Waals surface area contributed by atoms with Crippen molar-refractivity contribution in [2.24, 2.45) is 0 Å². The summed E-state index contributed by atoms with van der Waals surface area (Å²) in [5.74, 6) is 2.16. The number of benzene rings is 1. The number of ether oxygens (including phenoxy) is 1. The molecule has 0 saturated heterocycles. The Bertz CT molecular complexity index is 489. The fourth-order valence-electron chi connectivity index (χ4n) is 1.52. The Kier molecular flexibility index (Phi) is 2.86. The fraction of sp³-hybridized carbons (Fsp3) is 0.231. The number of aryl methyl sites for hydroxylation is 3. The van der Waals surface area contributed by atoms with Gasteiger partial charge in [0.15, 0.2) is 0 Å². The van der Waals surface area contributed by atoms with Crippen LogP contribution in [-0.4, -0.2) is 9.97 Å². The van der Waals surface area contributed by atoms with Crippen molar-refractivity contribution in [2.75, 3.05) is 0 Å². The monoisotopic (exact) mass is 214 g/mol. The number of para-hydroxylation sites is 1. The SMILES string of the molecule is Cc1cc(Oc2ccccc2C)nc(C)n1. The molecule has 3 heteroatoms. The molecule has 0 unspecified atom stereocenters. The summed E-state index contributed by atoms with van der Waals surface area (Å²) >= 11 is 0. The van der Waals surface area contributed by atoms with Crippen LogP contribution in [0.25, 0.3) is 0 Å². The van der Waals surface area contributed by atoms with Crippen LogP contribution in [0.3, 0.4) is 0 Å². The molecule has 82 valence electrons. The van der Waals surface area contributed by atoms with Crippen LogP contribution >= 0.6 is 0 Å². The van der Waals surface area contributed by atoms with Crippen LogP contribution < -0.4 is 4.74 Å². The van der Waals surface area contributed by atoms with Gasteiger partial charge in [-0.15, -0.1) is 0 Å². The van der Waals surface area contributed by atoms with E-state index in [1.807, 2.05) is 51.1 Å². The minimum absolute atomic E-state index is 0.597. The van der Waals surface area contributed by atoms with Crippen molar-refractivity contribution in [3.8, 4) is 11.6 Å². The van der Waals surface area contributed by atoms with E-state index >= 15 is 0 Å². The molecule has 2 aromatic rings. The summed E-state index contributed by atoms with van der Waals surface area (Å²) in [6.07, 6.45) is 0. The first-order chi connectivity index (χ1) is 7.65. The molecule has 0 aliphatic rings. The molecular formula is C13H14N2O. The zero-order valence-electron chi connectivity index (χ0n) is 9.69. The first-order valence-corrected chi connectivity index (χ1v) is 5.21. The topological polar surface area (TPSA) is 35.0 Å². The number of aromatic nitrogens is 2. The van der Waals surface area contributed by atoms with Crippen LogP contribution in [0.4, 0.5) is 0 Å². The molecule has 0 amide bonds. The third kappa shape index (κ3) is 2.37. The maximum Gasteiger partial charge on any atom is 0.222 e. The van der Waals surface area contributed by atoms with Crippen molar-refractivity contribution in [1.82, 2.24) is 9.97 Å². The van der Waals surface area contributed by atoms with E-state index in [4.69, 9.17) is 4.74 Å². The summed E-state index contributed by atoms with van der Waals surface area (Å²) in [7, 11) is 0. The summed E-state index contributed by atoms with van der Waals surface area (Å²) in [6.45, 7) is 5.80. The van der Waals surface area contributed by atoms with Crippen LogP contribution in [0, 0.1) is 20.8 Å². The molecule has 1 heterocycles. The molecule has 1 aromatic carbocycles. The summed E-state index contributed by atoms with van der Waals surface area (Å²) in [5, 5.41) is 0. The predicted molar refractivity (Wildman–Crippen MR) is 62.8 cm³/mol. The number of nitrogens with zero attached hydrogens (tertiary/aromatic N) is 2. The lowest BCUT2D eigenvalue weighted by molar-refractivity contribution is 0.455. The second-order valence-electron chi connectivity index (χ2n) is 3.76. The van der Waals surface area contributed by atoms with Gasteiger partial charge < -0.3 is 4.74 Å². The summed E-state index contributed by atoms with van der Waals surface area (Å²) < 4.78 is 5.72. The average molecular weight is 214 g/mol. The van der Waals surface area contributed by atoms with E-state index in [0.29, 0.717) is 5.88 Å². The van der Waals surface area contributed by atoms with Gasteiger partial charge in [-0.2, -0.15) is 4.98 Å². The van der Waals surface area contributed by atoms with E-state index in [9.17, 15) is 0 Å². The molecule has 16 heavy (non-hydrogen) atoms. The Morgan fingerprint density at radius 2 is 1.75 bits per heavy atom. The lowest BCUT2D eigenvalue weighted by atomic mass is 10.2. The first kappa shape index (κ1) is 10.6. The molecule has 0 radical (unpaired) electrons. The normalized spacial score (nSPS) is 10.2. The second-order valence-corrected chi connectivity index (χ2v) is 3.76. The highest BCUT2D eigenvalue weighted by atomic mass is 16.5. The highest BCUT2D eigenvalue weighted by Crippen LogP contribution is 2.23. The van der Waals surface area contributed by atoms with E-state index in [0.717, 1.165) is 22.8 Å². The molecule has 0 spiro atoms. The van der Waals surface area contributed by atoms with Crippen molar-refractivity contribution < 1.29 is 4.74 Å². The summed E-state index contributed by atoms with van der Waals surface area (Å²) in [5.41, 5.74) is 2.01. The van der Waals surface area contributed by atoms with E-state index < -0.39 is 0 Å². The summed E-state index contributed by atoms with van der Waals surface area (Å²) in [4.78, 5) is 8.44. The smallest absolute Gasteiger partial charge is 0.222 e. The largest absolute Gasteiger partial charge is 0.439 e. The minimum Gasteiger partial charge on any atom is -0.439 e. The second kappa shape index (κ2) is 4.31. The molecule has 1 aromatic heterocycles. The van der Waals surface area contributed by atoms with Gasteiger partial charge in [0.25, 0.3) is 0 Å². The van der Waals surface area contributed by atoms with Gasteiger partial charge in [0.2, 0.25) is 5.88 Å².